The monoisotopic (exact) mass is 468 g/mol. The number of pyridine rings is 1. The van der Waals surface area contributed by atoms with Crippen LogP contribution in [0, 0.1) is 0 Å². The summed E-state index contributed by atoms with van der Waals surface area (Å²) < 4.78 is 18.7. The number of methoxy groups -OCH3 is 2. The second-order valence-corrected chi connectivity index (χ2v) is 7.45. The molecule has 0 bridgehead atoms. The maximum absolute atomic E-state index is 6.23. The Kier molecular flexibility index (Phi) is 7.49. The summed E-state index contributed by atoms with van der Waals surface area (Å²) in [5.74, 6) is 1.30. The minimum absolute atomic E-state index is 0.363. The van der Waals surface area contributed by atoms with E-state index in [2.05, 4.69) is 32.5 Å². The number of aromatic amines is 1. The predicted octanol–water partition coefficient (Wildman–Crippen LogP) is 6.14. The van der Waals surface area contributed by atoms with Crippen molar-refractivity contribution in [3.05, 3.63) is 88.7 Å². The van der Waals surface area contributed by atoms with E-state index in [1.165, 1.54) is 0 Å². The summed E-state index contributed by atoms with van der Waals surface area (Å²) >= 11 is 3.50. The molecule has 1 unspecified atom stereocenters. The standard InChI is InChI=1S/C24H25BrN2O3/c1-5-7-9-16(6-2)15-30-23-18(10-8-11-21(23)28-3)22(29-4)20-14-27-24-19(20)12-17(25)13-26-24/h5-14,22H,1,15H2,2-4H3,(H,26,27)/b9-7-,16-6+. The smallest absolute Gasteiger partial charge is 0.167 e. The summed E-state index contributed by atoms with van der Waals surface area (Å²) in [7, 11) is 3.32. The first-order valence-electron chi connectivity index (χ1n) is 9.52. The molecule has 0 amide bonds. The Bertz CT molecular complexity index is 1090. The number of benzene rings is 1. The number of H-pyrrole nitrogens is 1. The molecule has 3 rings (SSSR count). The number of halogens is 1. The molecule has 0 saturated heterocycles. The molecule has 0 radical (unpaired) electrons. The molecule has 0 aliphatic rings. The Morgan fingerprint density at radius 3 is 2.83 bits per heavy atom. The highest BCUT2D eigenvalue weighted by molar-refractivity contribution is 9.10. The van der Waals surface area contributed by atoms with Gasteiger partial charge in [0.25, 0.3) is 0 Å². The lowest BCUT2D eigenvalue weighted by Crippen LogP contribution is -2.09. The number of fused-ring (bicyclic) bond motifs is 1. The number of allylic oxidation sites excluding steroid dienone is 3. The molecular formula is C24H25BrN2O3. The lowest BCUT2D eigenvalue weighted by Gasteiger charge is -2.21. The van der Waals surface area contributed by atoms with Crippen LogP contribution in [0.25, 0.3) is 11.0 Å². The van der Waals surface area contributed by atoms with Crippen LogP contribution in [0.1, 0.15) is 24.2 Å². The maximum Gasteiger partial charge on any atom is 0.167 e. The molecule has 1 aromatic carbocycles. The molecule has 0 fully saturated rings. The molecule has 1 N–H and O–H groups in total. The van der Waals surface area contributed by atoms with Crippen molar-refractivity contribution < 1.29 is 14.2 Å². The fourth-order valence-corrected chi connectivity index (χ4v) is 3.60. The Morgan fingerprint density at radius 2 is 2.13 bits per heavy atom. The van der Waals surface area contributed by atoms with E-state index in [4.69, 9.17) is 14.2 Å². The molecular weight excluding hydrogens is 444 g/mol. The molecule has 0 aliphatic heterocycles. The summed E-state index contributed by atoms with van der Waals surface area (Å²) in [6.45, 7) is 6.09. The number of nitrogens with zero attached hydrogens (tertiary/aromatic N) is 1. The molecule has 156 valence electrons. The van der Waals surface area contributed by atoms with Crippen molar-refractivity contribution in [2.75, 3.05) is 20.8 Å². The van der Waals surface area contributed by atoms with Gasteiger partial charge in [0.2, 0.25) is 0 Å². The number of ether oxygens (including phenoxy) is 3. The van der Waals surface area contributed by atoms with Gasteiger partial charge in [-0.2, -0.15) is 0 Å². The van der Waals surface area contributed by atoms with E-state index in [0.29, 0.717) is 18.1 Å². The number of hydrogen-bond donors (Lipinski definition) is 1. The zero-order valence-electron chi connectivity index (χ0n) is 17.3. The summed E-state index contributed by atoms with van der Waals surface area (Å²) in [6, 6.07) is 7.84. The average Bonchev–Trinajstić information content (AvgIpc) is 3.17. The number of aromatic nitrogens is 2. The predicted molar refractivity (Wildman–Crippen MR) is 124 cm³/mol. The van der Waals surface area contributed by atoms with Crippen LogP contribution in [-0.2, 0) is 4.74 Å². The van der Waals surface area contributed by atoms with Crippen LogP contribution in [0.2, 0.25) is 0 Å². The van der Waals surface area contributed by atoms with Crippen LogP contribution in [-0.4, -0.2) is 30.8 Å². The van der Waals surface area contributed by atoms with Crippen molar-refractivity contribution in [1.29, 1.82) is 0 Å². The van der Waals surface area contributed by atoms with Gasteiger partial charge in [-0.25, -0.2) is 4.98 Å². The van der Waals surface area contributed by atoms with Crippen molar-refractivity contribution in [3.63, 3.8) is 0 Å². The van der Waals surface area contributed by atoms with Gasteiger partial charge in [-0.15, -0.1) is 0 Å². The number of hydrogen-bond acceptors (Lipinski definition) is 4. The Hall–Kier alpha value is -2.83. The topological polar surface area (TPSA) is 56.4 Å². The zero-order chi connectivity index (χ0) is 21.5. The lowest BCUT2D eigenvalue weighted by molar-refractivity contribution is 0.133. The quantitative estimate of drug-likeness (QED) is 0.383. The van der Waals surface area contributed by atoms with E-state index in [-0.39, 0.29) is 6.10 Å². The first-order chi connectivity index (χ1) is 14.6. The van der Waals surface area contributed by atoms with Crippen LogP contribution in [0.4, 0.5) is 0 Å². The van der Waals surface area contributed by atoms with Crippen LogP contribution >= 0.6 is 15.9 Å². The number of nitrogens with one attached hydrogen (secondary N) is 1. The molecule has 0 aliphatic carbocycles. The Labute approximate surface area is 185 Å². The zero-order valence-corrected chi connectivity index (χ0v) is 18.9. The van der Waals surface area contributed by atoms with E-state index in [0.717, 1.165) is 32.2 Å². The average molecular weight is 469 g/mol. The van der Waals surface area contributed by atoms with Gasteiger partial charge in [-0.3, -0.25) is 0 Å². The highest BCUT2D eigenvalue weighted by Crippen LogP contribution is 2.41. The second-order valence-electron chi connectivity index (χ2n) is 6.54. The number of rotatable bonds is 9. The van der Waals surface area contributed by atoms with E-state index in [1.54, 1.807) is 26.5 Å². The summed E-state index contributed by atoms with van der Waals surface area (Å²) in [6.07, 6.45) is 10.9. The van der Waals surface area contributed by atoms with Crippen LogP contribution in [0.3, 0.4) is 0 Å². The van der Waals surface area contributed by atoms with Crippen LogP contribution in [0.5, 0.6) is 11.5 Å². The summed E-state index contributed by atoms with van der Waals surface area (Å²) in [4.78, 5) is 7.65. The van der Waals surface area contributed by atoms with Crippen LogP contribution < -0.4 is 9.47 Å². The SMILES string of the molecule is C=C/C=C\C(=C/C)COc1c(OC)cccc1C(OC)c1c[nH]c2ncc(Br)cc12. The maximum atomic E-state index is 6.23. The van der Waals surface area contributed by atoms with Crippen molar-refractivity contribution in [1.82, 2.24) is 9.97 Å². The number of para-hydroxylation sites is 1. The third-order valence-electron chi connectivity index (χ3n) is 4.76. The van der Waals surface area contributed by atoms with E-state index in [1.807, 2.05) is 55.6 Å². The molecule has 0 spiro atoms. The molecule has 3 aromatic rings. The van der Waals surface area contributed by atoms with Gasteiger partial charge in [0.05, 0.1) is 7.11 Å². The van der Waals surface area contributed by atoms with Crippen molar-refractivity contribution in [2.45, 2.75) is 13.0 Å². The van der Waals surface area contributed by atoms with E-state index < -0.39 is 0 Å². The van der Waals surface area contributed by atoms with E-state index >= 15 is 0 Å². The molecule has 2 heterocycles. The first-order valence-corrected chi connectivity index (χ1v) is 10.3. The van der Waals surface area contributed by atoms with Gasteiger partial charge >= 0.3 is 0 Å². The first kappa shape index (κ1) is 21.9. The fourth-order valence-electron chi connectivity index (χ4n) is 3.27. The van der Waals surface area contributed by atoms with Gasteiger partial charge in [-0.05, 0) is 40.6 Å². The highest BCUT2D eigenvalue weighted by Gasteiger charge is 2.24. The highest BCUT2D eigenvalue weighted by atomic mass is 79.9. The summed E-state index contributed by atoms with van der Waals surface area (Å²) in [5, 5.41) is 0.980. The largest absolute Gasteiger partial charge is 0.493 e. The molecule has 5 nitrogen and oxygen atoms in total. The molecule has 2 aromatic heterocycles. The summed E-state index contributed by atoms with van der Waals surface area (Å²) in [5.41, 5.74) is 3.67. The van der Waals surface area contributed by atoms with Gasteiger partial charge in [0, 0.05) is 40.5 Å². The Morgan fingerprint density at radius 1 is 1.30 bits per heavy atom. The lowest BCUT2D eigenvalue weighted by atomic mass is 10.00. The van der Waals surface area contributed by atoms with Gasteiger partial charge in [0.1, 0.15) is 18.4 Å². The third kappa shape index (κ3) is 4.66. The molecule has 1 atom stereocenters. The van der Waals surface area contributed by atoms with Gasteiger partial charge < -0.3 is 19.2 Å². The van der Waals surface area contributed by atoms with Crippen molar-refractivity contribution >= 4 is 27.0 Å². The molecule has 30 heavy (non-hydrogen) atoms. The van der Waals surface area contributed by atoms with Gasteiger partial charge in [0.15, 0.2) is 11.5 Å². The third-order valence-corrected chi connectivity index (χ3v) is 5.19. The minimum atomic E-state index is -0.363. The van der Waals surface area contributed by atoms with Gasteiger partial charge in [-0.1, -0.05) is 43.0 Å². The fraction of sp³-hybridized carbons (Fsp3) is 0.208. The van der Waals surface area contributed by atoms with Crippen molar-refractivity contribution in [2.24, 2.45) is 0 Å². The normalized spacial score (nSPS) is 13.0. The molecule has 6 heteroatoms. The minimum Gasteiger partial charge on any atom is -0.493 e. The van der Waals surface area contributed by atoms with Crippen molar-refractivity contribution in [3.8, 4) is 11.5 Å². The second kappa shape index (κ2) is 10.3. The van der Waals surface area contributed by atoms with E-state index in [9.17, 15) is 0 Å². The Balaban J connectivity index is 2.04. The van der Waals surface area contributed by atoms with Crippen LogP contribution in [0.15, 0.2) is 77.6 Å². The molecule has 0 saturated carbocycles.